The van der Waals surface area contributed by atoms with Crippen molar-refractivity contribution in [2.45, 2.75) is 12.5 Å². The summed E-state index contributed by atoms with van der Waals surface area (Å²) in [7, 11) is 0. The molecule has 0 aliphatic carbocycles. The van der Waals surface area contributed by atoms with Crippen molar-refractivity contribution in [1.29, 1.82) is 0 Å². The molecule has 1 aliphatic heterocycles. The van der Waals surface area contributed by atoms with Crippen molar-refractivity contribution in [2.75, 3.05) is 6.61 Å². The number of carbonyl (C=O) groups excluding carboxylic acids is 2. The van der Waals surface area contributed by atoms with Crippen LogP contribution in [-0.2, 0) is 16.0 Å². The molecule has 24 heavy (non-hydrogen) atoms. The van der Waals surface area contributed by atoms with Crippen molar-refractivity contribution in [3.63, 3.8) is 0 Å². The Kier molecular flexibility index (Phi) is 4.96. The first-order chi connectivity index (χ1) is 11.6. The highest BCUT2D eigenvalue weighted by Crippen LogP contribution is 2.18. The fraction of sp³-hybridized carbons (Fsp3) is 0.158. The highest BCUT2D eigenvalue weighted by Gasteiger charge is 2.36. The van der Waals surface area contributed by atoms with E-state index in [2.05, 4.69) is 0 Å². The number of carbonyl (C=O) groups is 2. The van der Waals surface area contributed by atoms with E-state index in [1.165, 1.54) is 11.0 Å². The summed E-state index contributed by atoms with van der Waals surface area (Å²) in [4.78, 5) is 25.5. The molecule has 0 bridgehead atoms. The topological polar surface area (TPSA) is 46.6 Å². The quantitative estimate of drug-likeness (QED) is 0.791. The molecule has 1 heterocycles. The molecule has 2 aromatic rings. The van der Waals surface area contributed by atoms with E-state index in [4.69, 9.17) is 16.3 Å². The second-order valence-corrected chi connectivity index (χ2v) is 5.95. The number of ether oxygens (including phenoxy) is 1. The van der Waals surface area contributed by atoms with Gasteiger partial charge < -0.3 is 4.74 Å². The van der Waals surface area contributed by atoms with E-state index < -0.39 is 6.09 Å². The predicted molar refractivity (Wildman–Crippen MR) is 92.6 cm³/mol. The monoisotopic (exact) mass is 341 g/mol. The van der Waals surface area contributed by atoms with Crippen LogP contribution < -0.4 is 0 Å². The van der Waals surface area contributed by atoms with E-state index in [9.17, 15) is 9.59 Å². The number of hydrogen-bond donors (Lipinski definition) is 0. The molecule has 4 nitrogen and oxygen atoms in total. The number of imide groups is 1. The third kappa shape index (κ3) is 3.84. The van der Waals surface area contributed by atoms with Crippen molar-refractivity contribution in [1.82, 2.24) is 4.90 Å². The fourth-order valence-corrected chi connectivity index (χ4v) is 2.71. The van der Waals surface area contributed by atoms with Crippen molar-refractivity contribution in [3.05, 3.63) is 76.8 Å². The van der Waals surface area contributed by atoms with Gasteiger partial charge in [-0.25, -0.2) is 9.69 Å². The maximum Gasteiger partial charge on any atom is 0.417 e. The summed E-state index contributed by atoms with van der Waals surface area (Å²) < 4.78 is 5.05. The lowest BCUT2D eigenvalue weighted by Gasteiger charge is -2.18. The lowest BCUT2D eigenvalue weighted by atomic mass is 10.1. The van der Waals surface area contributed by atoms with Gasteiger partial charge in [-0.15, -0.1) is 0 Å². The summed E-state index contributed by atoms with van der Waals surface area (Å²) in [6, 6.07) is 16.5. The van der Waals surface area contributed by atoms with E-state index in [1.54, 1.807) is 30.3 Å². The zero-order valence-corrected chi connectivity index (χ0v) is 13.6. The van der Waals surface area contributed by atoms with Gasteiger partial charge in [0.2, 0.25) is 0 Å². The maximum atomic E-state index is 12.4. The number of nitrogens with zero attached hydrogens (tertiary/aromatic N) is 1. The zero-order valence-electron chi connectivity index (χ0n) is 12.9. The summed E-state index contributed by atoms with van der Waals surface area (Å²) in [5.41, 5.74) is 1.89. The second kappa shape index (κ2) is 7.32. The minimum absolute atomic E-state index is 0.217. The predicted octanol–water partition coefficient (Wildman–Crippen LogP) is 3.94. The van der Waals surface area contributed by atoms with Crippen LogP contribution in [0, 0.1) is 0 Å². The van der Waals surface area contributed by atoms with Crippen LogP contribution in [0.15, 0.2) is 60.7 Å². The van der Waals surface area contributed by atoms with E-state index in [-0.39, 0.29) is 18.6 Å². The standard InChI is InChI=1S/C19H16ClNO3/c20-16-9-6-14(7-10-16)8-11-18(22)21-17(13-24-19(21)23)12-15-4-2-1-3-5-15/h1-11,17H,12-13H2/b11-8+. The third-order valence-electron chi connectivity index (χ3n) is 3.80. The third-order valence-corrected chi connectivity index (χ3v) is 4.05. The van der Waals surface area contributed by atoms with Crippen LogP contribution in [0.1, 0.15) is 11.1 Å². The van der Waals surface area contributed by atoms with Crippen LogP contribution in [-0.4, -0.2) is 29.5 Å². The molecule has 1 atom stereocenters. The fourth-order valence-electron chi connectivity index (χ4n) is 2.59. The molecule has 2 amide bonds. The average Bonchev–Trinajstić information content (AvgIpc) is 2.95. The first kappa shape index (κ1) is 16.3. The summed E-state index contributed by atoms with van der Waals surface area (Å²) in [5, 5.41) is 0.629. The largest absolute Gasteiger partial charge is 0.447 e. The van der Waals surface area contributed by atoms with Gasteiger partial charge in [0.25, 0.3) is 5.91 Å². The SMILES string of the molecule is O=C(/C=C/c1ccc(Cl)cc1)N1C(=O)OCC1Cc1ccccc1. The van der Waals surface area contributed by atoms with Gasteiger partial charge in [-0.3, -0.25) is 4.79 Å². The number of hydrogen-bond acceptors (Lipinski definition) is 3. The molecule has 1 saturated heterocycles. The number of rotatable bonds is 4. The van der Waals surface area contributed by atoms with Crippen molar-refractivity contribution >= 4 is 29.7 Å². The van der Waals surface area contributed by atoms with E-state index >= 15 is 0 Å². The van der Waals surface area contributed by atoms with Crippen molar-refractivity contribution in [3.8, 4) is 0 Å². The van der Waals surface area contributed by atoms with Gasteiger partial charge in [0.15, 0.2) is 0 Å². The first-order valence-corrected chi connectivity index (χ1v) is 7.99. The van der Waals surface area contributed by atoms with E-state index in [0.717, 1.165) is 11.1 Å². The molecule has 5 heteroatoms. The number of benzene rings is 2. The van der Waals surface area contributed by atoms with Crippen LogP contribution >= 0.6 is 11.6 Å². The van der Waals surface area contributed by atoms with Crippen LogP contribution in [0.4, 0.5) is 4.79 Å². The van der Waals surface area contributed by atoms with Gasteiger partial charge >= 0.3 is 6.09 Å². The van der Waals surface area contributed by atoms with Crippen LogP contribution in [0.2, 0.25) is 5.02 Å². The van der Waals surface area contributed by atoms with E-state index in [1.807, 2.05) is 30.3 Å². The molecule has 0 radical (unpaired) electrons. The molecule has 122 valence electrons. The van der Waals surface area contributed by atoms with Gasteiger partial charge in [-0.1, -0.05) is 54.1 Å². The molecule has 0 spiro atoms. The second-order valence-electron chi connectivity index (χ2n) is 5.51. The zero-order chi connectivity index (χ0) is 16.9. The smallest absolute Gasteiger partial charge is 0.417 e. The minimum Gasteiger partial charge on any atom is -0.447 e. The Bertz CT molecular complexity index is 756. The van der Waals surface area contributed by atoms with Gasteiger partial charge in [0, 0.05) is 11.1 Å². The molecule has 2 aromatic carbocycles. The lowest BCUT2D eigenvalue weighted by Crippen LogP contribution is -2.39. The Hall–Kier alpha value is -2.59. The van der Waals surface area contributed by atoms with Gasteiger partial charge in [0.05, 0.1) is 6.04 Å². The number of halogens is 1. The van der Waals surface area contributed by atoms with E-state index in [0.29, 0.717) is 11.4 Å². The molecule has 0 aromatic heterocycles. The lowest BCUT2D eigenvalue weighted by molar-refractivity contribution is -0.124. The summed E-state index contributed by atoms with van der Waals surface area (Å²) >= 11 is 5.83. The molecular formula is C19H16ClNO3. The highest BCUT2D eigenvalue weighted by atomic mass is 35.5. The molecule has 1 fully saturated rings. The molecule has 1 aliphatic rings. The average molecular weight is 342 g/mol. The Morgan fingerprint density at radius 3 is 2.58 bits per heavy atom. The Balaban J connectivity index is 1.71. The van der Waals surface area contributed by atoms with Gasteiger partial charge in [-0.2, -0.15) is 0 Å². The molecular weight excluding hydrogens is 326 g/mol. The van der Waals surface area contributed by atoms with Gasteiger partial charge in [-0.05, 0) is 35.8 Å². The Morgan fingerprint density at radius 1 is 1.17 bits per heavy atom. The number of amides is 2. The van der Waals surface area contributed by atoms with Crippen LogP contribution in [0.25, 0.3) is 6.08 Å². The highest BCUT2D eigenvalue weighted by molar-refractivity contribution is 6.30. The Morgan fingerprint density at radius 2 is 1.88 bits per heavy atom. The van der Waals surface area contributed by atoms with Crippen molar-refractivity contribution in [2.24, 2.45) is 0 Å². The molecule has 0 saturated carbocycles. The minimum atomic E-state index is -0.596. The van der Waals surface area contributed by atoms with Crippen LogP contribution in [0.3, 0.4) is 0 Å². The summed E-state index contributed by atoms with van der Waals surface area (Å²) in [6.45, 7) is 0.217. The maximum absolute atomic E-state index is 12.4. The normalized spacial score (nSPS) is 17.3. The van der Waals surface area contributed by atoms with Gasteiger partial charge in [0.1, 0.15) is 6.61 Å². The van der Waals surface area contributed by atoms with Crippen molar-refractivity contribution < 1.29 is 14.3 Å². The first-order valence-electron chi connectivity index (χ1n) is 7.61. The Labute approximate surface area is 145 Å². The molecule has 0 N–H and O–H groups in total. The molecule has 1 unspecified atom stereocenters. The number of cyclic esters (lactones) is 1. The van der Waals surface area contributed by atoms with Crippen LogP contribution in [0.5, 0.6) is 0 Å². The summed E-state index contributed by atoms with van der Waals surface area (Å²) in [6.07, 6.45) is 3.02. The summed E-state index contributed by atoms with van der Waals surface area (Å²) in [5.74, 6) is -0.381. The molecule has 3 rings (SSSR count).